The molecule has 0 aliphatic rings. The summed E-state index contributed by atoms with van der Waals surface area (Å²) in [6.45, 7) is 3.88. The number of carbonyl (C=O) groups excluding carboxylic acids is 3. The van der Waals surface area contributed by atoms with Crippen LogP contribution in [0.4, 0.5) is 5.82 Å². The summed E-state index contributed by atoms with van der Waals surface area (Å²) in [5.41, 5.74) is 0.816. The molecule has 0 aliphatic heterocycles. The quantitative estimate of drug-likeness (QED) is 0.700. The fraction of sp³-hybridized carbons (Fsp3) is 0.294. The first kappa shape index (κ1) is 18.2. The van der Waals surface area contributed by atoms with Crippen molar-refractivity contribution < 1.29 is 14.4 Å². The molecule has 0 saturated carbocycles. The van der Waals surface area contributed by atoms with Gasteiger partial charge in [-0.2, -0.15) is 5.10 Å². The van der Waals surface area contributed by atoms with E-state index >= 15 is 0 Å². The molecule has 8 heteroatoms. The van der Waals surface area contributed by atoms with Crippen LogP contribution in [0, 0.1) is 0 Å². The highest BCUT2D eigenvalue weighted by Gasteiger charge is 2.17. The second-order valence-electron chi connectivity index (χ2n) is 5.20. The molecule has 0 aliphatic carbocycles. The van der Waals surface area contributed by atoms with Crippen LogP contribution in [0.25, 0.3) is 5.69 Å². The van der Waals surface area contributed by atoms with E-state index in [0.717, 1.165) is 0 Å². The molecule has 1 heterocycles. The lowest BCUT2D eigenvalue weighted by Crippen LogP contribution is -2.36. The third-order valence-corrected chi connectivity index (χ3v) is 3.31. The van der Waals surface area contributed by atoms with Gasteiger partial charge in [0.25, 0.3) is 5.91 Å². The van der Waals surface area contributed by atoms with Gasteiger partial charge in [-0.3, -0.25) is 14.4 Å². The van der Waals surface area contributed by atoms with E-state index in [0.29, 0.717) is 24.5 Å². The Morgan fingerprint density at radius 1 is 1.04 bits per heavy atom. The van der Waals surface area contributed by atoms with Gasteiger partial charge in [0.15, 0.2) is 5.69 Å². The van der Waals surface area contributed by atoms with Gasteiger partial charge in [0.05, 0.1) is 12.2 Å². The second kappa shape index (κ2) is 8.62. The Balaban J connectivity index is 2.23. The van der Waals surface area contributed by atoms with E-state index < -0.39 is 5.91 Å². The van der Waals surface area contributed by atoms with E-state index in [2.05, 4.69) is 21.0 Å². The van der Waals surface area contributed by atoms with Crippen molar-refractivity contribution in [3.63, 3.8) is 0 Å². The maximum Gasteiger partial charge on any atom is 0.272 e. The van der Waals surface area contributed by atoms with Crippen LogP contribution in [-0.2, 0) is 9.59 Å². The van der Waals surface area contributed by atoms with Crippen LogP contribution in [0.1, 0.15) is 30.8 Å². The fourth-order valence-corrected chi connectivity index (χ4v) is 2.09. The molecule has 3 amide bonds. The normalized spacial score (nSPS) is 10.2. The summed E-state index contributed by atoms with van der Waals surface area (Å²) < 4.78 is 1.48. The number of aromatic nitrogens is 2. The summed E-state index contributed by atoms with van der Waals surface area (Å²) in [7, 11) is 0. The lowest BCUT2D eigenvalue weighted by Gasteiger charge is -2.07. The van der Waals surface area contributed by atoms with Gasteiger partial charge in [-0.1, -0.05) is 25.1 Å². The lowest BCUT2D eigenvalue weighted by atomic mass is 10.3. The smallest absolute Gasteiger partial charge is 0.272 e. The molecule has 1 aromatic carbocycles. The van der Waals surface area contributed by atoms with Crippen molar-refractivity contribution in [2.45, 2.75) is 20.3 Å². The number of para-hydroxylation sites is 1. The summed E-state index contributed by atoms with van der Waals surface area (Å²) in [4.78, 5) is 35.4. The summed E-state index contributed by atoms with van der Waals surface area (Å²) in [6.07, 6.45) is 0.304. The van der Waals surface area contributed by atoms with Crippen LogP contribution in [0.2, 0.25) is 0 Å². The standard InChI is InChI=1S/C17H21N5O3/c1-3-15(23)20-14-10-13(17(25)19-11-16(24)18-4-2)21-22(14)12-8-6-5-7-9-12/h5-10H,3-4,11H2,1-2H3,(H,18,24)(H,19,25)(H,20,23). The Morgan fingerprint density at radius 2 is 1.76 bits per heavy atom. The molecule has 3 N–H and O–H groups in total. The van der Waals surface area contributed by atoms with E-state index in [1.807, 2.05) is 30.3 Å². The van der Waals surface area contributed by atoms with Crippen molar-refractivity contribution in [1.29, 1.82) is 0 Å². The molecule has 8 nitrogen and oxygen atoms in total. The van der Waals surface area contributed by atoms with Gasteiger partial charge < -0.3 is 16.0 Å². The van der Waals surface area contributed by atoms with Crippen molar-refractivity contribution in [3.05, 3.63) is 42.1 Å². The van der Waals surface area contributed by atoms with Crippen LogP contribution in [0.3, 0.4) is 0 Å². The van der Waals surface area contributed by atoms with Crippen molar-refractivity contribution in [2.24, 2.45) is 0 Å². The minimum absolute atomic E-state index is 0.111. The Labute approximate surface area is 145 Å². The first-order valence-corrected chi connectivity index (χ1v) is 8.05. The van der Waals surface area contributed by atoms with Gasteiger partial charge in [0, 0.05) is 19.0 Å². The number of benzene rings is 1. The SMILES string of the molecule is CCNC(=O)CNC(=O)c1cc(NC(=O)CC)n(-c2ccccc2)n1. The van der Waals surface area contributed by atoms with E-state index in [4.69, 9.17) is 0 Å². The zero-order chi connectivity index (χ0) is 18.2. The predicted molar refractivity (Wildman–Crippen MR) is 93.5 cm³/mol. The van der Waals surface area contributed by atoms with Crippen LogP contribution < -0.4 is 16.0 Å². The Morgan fingerprint density at radius 3 is 2.40 bits per heavy atom. The van der Waals surface area contributed by atoms with Gasteiger partial charge in [-0.15, -0.1) is 0 Å². The highest BCUT2D eigenvalue weighted by molar-refractivity contribution is 5.97. The van der Waals surface area contributed by atoms with Gasteiger partial charge in [0.2, 0.25) is 11.8 Å². The van der Waals surface area contributed by atoms with Crippen molar-refractivity contribution in [3.8, 4) is 5.69 Å². The number of nitrogens with one attached hydrogen (secondary N) is 3. The summed E-state index contributed by atoms with van der Waals surface area (Å²) in [5.74, 6) is -0.571. The molecule has 25 heavy (non-hydrogen) atoms. The number of nitrogens with zero attached hydrogens (tertiary/aromatic N) is 2. The average molecular weight is 343 g/mol. The maximum absolute atomic E-state index is 12.2. The van der Waals surface area contributed by atoms with Gasteiger partial charge >= 0.3 is 0 Å². The number of likely N-dealkylation sites (N-methyl/N-ethyl adjacent to an activating group) is 1. The minimum Gasteiger partial charge on any atom is -0.355 e. The number of hydrogen-bond donors (Lipinski definition) is 3. The molecule has 1 aromatic heterocycles. The number of rotatable bonds is 7. The number of hydrogen-bond acceptors (Lipinski definition) is 4. The predicted octanol–water partition coefficient (Wildman–Crippen LogP) is 1.09. The first-order chi connectivity index (χ1) is 12.0. The number of carbonyl (C=O) groups is 3. The molecule has 0 fully saturated rings. The van der Waals surface area contributed by atoms with Crippen molar-refractivity contribution >= 4 is 23.5 Å². The largest absolute Gasteiger partial charge is 0.355 e. The van der Waals surface area contributed by atoms with E-state index in [-0.39, 0.29) is 24.1 Å². The summed E-state index contributed by atoms with van der Waals surface area (Å²) in [6, 6.07) is 10.6. The third kappa shape index (κ3) is 4.90. The molecule has 2 aromatic rings. The van der Waals surface area contributed by atoms with E-state index in [9.17, 15) is 14.4 Å². The van der Waals surface area contributed by atoms with Crippen LogP contribution in [0.15, 0.2) is 36.4 Å². The Bertz CT molecular complexity index is 755. The molecule has 0 saturated heterocycles. The molecule has 0 spiro atoms. The lowest BCUT2D eigenvalue weighted by molar-refractivity contribution is -0.120. The van der Waals surface area contributed by atoms with Crippen LogP contribution in [0.5, 0.6) is 0 Å². The van der Waals surface area contributed by atoms with Gasteiger partial charge in [-0.25, -0.2) is 4.68 Å². The van der Waals surface area contributed by atoms with E-state index in [1.165, 1.54) is 10.7 Å². The first-order valence-electron chi connectivity index (χ1n) is 8.05. The summed E-state index contributed by atoms with van der Waals surface area (Å²) >= 11 is 0. The fourth-order valence-electron chi connectivity index (χ4n) is 2.09. The molecular formula is C17H21N5O3. The Kier molecular flexibility index (Phi) is 6.27. The molecule has 0 bridgehead atoms. The minimum atomic E-state index is -0.493. The van der Waals surface area contributed by atoms with Crippen molar-refractivity contribution in [2.75, 3.05) is 18.4 Å². The highest BCUT2D eigenvalue weighted by atomic mass is 16.2. The zero-order valence-electron chi connectivity index (χ0n) is 14.2. The Hall–Kier alpha value is -3.16. The average Bonchev–Trinajstić information content (AvgIpc) is 3.04. The van der Waals surface area contributed by atoms with Gasteiger partial charge in [-0.05, 0) is 19.1 Å². The van der Waals surface area contributed by atoms with Crippen LogP contribution >= 0.6 is 0 Å². The molecule has 0 atom stereocenters. The van der Waals surface area contributed by atoms with Crippen LogP contribution in [-0.4, -0.2) is 40.6 Å². The second-order valence-corrected chi connectivity index (χ2v) is 5.20. The zero-order valence-corrected chi connectivity index (χ0v) is 14.2. The molecule has 2 rings (SSSR count). The third-order valence-electron chi connectivity index (χ3n) is 3.31. The molecule has 0 radical (unpaired) electrons. The van der Waals surface area contributed by atoms with Gasteiger partial charge in [0.1, 0.15) is 5.82 Å². The van der Waals surface area contributed by atoms with Crippen molar-refractivity contribution in [1.82, 2.24) is 20.4 Å². The topological polar surface area (TPSA) is 105 Å². The monoisotopic (exact) mass is 343 g/mol. The maximum atomic E-state index is 12.2. The molecule has 0 unspecified atom stereocenters. The number of amides is 3. The summed E-state index contributed by atoms with van der Waals surface area (Å²) in [5, 5.41) is 12.1. The highest BCUT2D eigenvalue weighted by Crippen LogP contribution is 2.17. The molecule has 132 valence electrons. The van der Waals surface area contributed by atoms with E-state index in [1.54, 1.807) is 13.8 Å². The molecular weight excluding hydrogens is 322 g/mol. The number of anilines is 1.